The number of carbonyl (C=O) groups excluding carboxylic acids is 12. The molecule has 9 aliphatic carbocycles. The molecule has 0 bridgehead atoms. The monoisotopic (exact) mass is 2070 g/mol. The molecule has 143 heavy (non-hydrogen) atoms. The Labute approximate surface area is 867 Å². The number of fused-ring (bicyclic) bond motifs is 9. The Bertz CT molecular complexity index is 3420. The first-order valence-corrected chi connectivity index (χ1v) is 43.7. The molecule has 9 heterocycles. The second-order valence-electron chi connectivity index (χ2n) is 35.8. The van der Waals surface area contributed by atoms with Crippen LogP contribution in [0.15, 0.2) is 12.7 Å². The second-order valence-corrected chi connectivity index (χ2v) is 35.8. The van der Waals surface area contributed by atoms with Gasteiger partial charge in [-0.05, 0) is 214 Å². The lowest BCUT2D eigenvalue weighted by atomic mass is 9.79. The standard InChI is InChI=1S/C44H58O20.C26H34O11.C8H12O.C7H12O2.24CH4/c45-37(57-19-39(47)53-15-23-1-5-29-33(9-23)61-29)13-27(43(51)59-21-41(49)55-17-25-3-7-31-35(11-25)63-31)28(44(52)60-22-42(50)56-18-26-4-8-32-36(12-26)64-32)14-38(46)58-20-40(48)54-16-24-2-6-30-34(10-24)62-30;27-23(31-9-13-1-3-17-19(5-13)35-17)11-33-25(29)15-7-21-22(37-21)8-16(15)26(30)34-12-24(28)32-10-14-2-4-18-20(6-14)36-18;1-2-6-3-4-7-8(5-6)9-7;8-4-5-1-2-6-7(3-5)9-6;;;;;;;;;;;;;;;;;;;;;;;;/h23-36H,1-22H2;13-22H,1-12H2;2,6-8H,1,3-5H2;5-8H,1-4H2;24*1H4. The smallest absolute Gasteiger partial charge is 0.344 e. The van der Waals surface area contributed by atoms with Crippen molar-refractivity contribution >= 4 is 71.6 Å². The summed E-state index contributed by atoms with van der Waals surface area (Å²) in [5, 5.41) is 8.77. The zero-order valence-corrected chi connectivity index (χ0v) is 67.5. The Kier molecular flexibility index (Phi) is 79.9. The average Bonchev–Trinajstić information content (AvgIpc) is 1.63. The van der Waals surface area contributed by atoms with Gasteiger partial charge in [0.2, 0.25) is 0 Å². The molecular weight excluding hydrogens is 1850 g/mol. The van der Waals surface area contributed by atoms with Crippen LogP contribution in [0.5, 0.6) is 0 Å². The number of epoxide rings is 9. The van der Waals surface area contributed by atoms with Gasteiger partial charge < -0.3 is 105 Å². The Balaban J connectivity index is -0.000000240. The molecule has 9 aliphatic heterocycles. The van der Waals surface area contributed by atoms with Gasteiger partial charge in [0.25, 0.3) is 0 Å². The first kappa shape index (κ1) is 156. The lowest BCUT2D eigenvalue weighted by Gasteiger charge is -2.26. The minimum atomic E-state index is -1.89. The number of ether oxygens (including phenoxy) is 21. The number of aliphatic hydroxyl groups excluding tert-OH is 1. The predicted molar refractivity (Wildman–Crippen MR) is 559 cm³/mol. The van der Waals surface area contributed by atoms with Gasteiger partial charge in [-0.25, -0.2) is 28.8 Å². The number of aliphatic hydroxyl groups is 1. The van der Waals surface area contributed by atoms with E-state index in [1.54, 1.807) is 0 Å². The minimum Gasteiger partial charge on any atom is -0.463 e. The molecule has 18 fully saturated rings. The first-order chi connectivity index (χ1) is 57.6. The molecule has 0 aromatic heterocycles. The fourth-order valence-electron chi connectivity index (χ4n) is 19.1. The van der Waals surface area contributed by atoms with E-state index >= 15 is 0 Å². The molecule has 0 spiro atoms. The summed E-state index contributed by atoms with van der Waals surface area (Å²) in [5.74, 6) is -14.3. The van der Waals surface area contributed by atoms with Crippen LogP contribution in [0, 0.1) is 71.0 Å². The summed E-state index contributed by atoms with van der Waals surface area (Å²) in [4.78, 5) is 154. The molecule has 9 saturated carbocycles. The number of carbonyl (C=O) groups is 12. The van der Waals surface area contributed by atoms with Crippen molar-refractivity contribution in [1.29, 1.82) is 0 Å². The molecule has 18 aliphatic rings. The molecule has 1 N–H and O–H groups in total. The van der Waals surface area contributed by atoms with E-state index in [4.69, 9.17) is 105 Å². The summed E-state index contributed by atoms with van der Waals surface area (Å²) in [6, 6.07) is 0. The molecule has 852 valence electrons. The van der Waals surface area contributed by atoms with Gasteiger partial charge in [-0.1, -0.05) is 184 Å². The highest BCUT2D eigenvalue weighted by Crippen LogP contribution is 2.48. The van der Waals surface area contributed by atoms with Crippen molar-refractivity contribution in [1.82, 2.24) is 0 Å². The van der Waals surface area contributed by atoms with Crippen LogP contribution in [0.4, 0.5) is 0 Å². The normalized spacial score (nSPS) is 31.5. The molecule has 18 rings (SSSR count). The molecule has 0 aromatic rings. The van der Waals surface area contributed by atoms with Crippen molar-refractivity contribution in [2.24, 2.45) is 71.0 Å². The van der Waals surface area contributed by atoms with Gasteiger partial charge in [0.15, 0.2) is 39.6 Å². The predicted octanol–water partition coefficient (Wildman–Crippen LogP) is 20.3. The second kappa shape index (κ2) is 73.2. The zero-order valence-electron chi connectivity index (χ0n) is 67.5. The van der Waals surface area contributed by atoms with Gasteiger partial charge in [-0.15, -0.1) is 6.58 Å². The van der Waals surface area contributed by atoms with Gasteiger partial charge in [0.05, 0.1) is 186 Å². The molecule has 30 atom stereocenters. The molecule has 0 amide bonds. The lowest BCUT2D eigenvalue weighted by molar-refractivity contribution is -0.174. The van der Waals surface area contributed by atoms with E-state index < -0.39 is 148 Å². The third-order valence-corrected chi connectivity index (χ3v) is 27.0. The third kappa shape index (κ3) is 48.0. The fraction of sp³-hybridized carbons (Fsp3) is 0.872. The van der Waals surface area contributed by atoms with Crippen LogP contribution in [0.25, 0.3) is 0 Å². The lowest BCUT2D eigenvalue weighted by Crippen LogP contribution is -2.39. The number of rotatable bonds is 35. The van der Waals surface area contributed by atoms with Gasteiger partial charge >= 0.3 is 71.6 Å². The number of esters is 12. The topological polar surface area (TPSA) is 449 Å². The van der Waals surface area contributed by atoms with Crippen LogP contribution >= 0.6 is 0 Å². The van der Waals surface area contributed by atoms with E-state index in [1.165, 1.54) is 25.7 Å². The van der Waals surface area contributed by atoms with Gasteiger partial charge in [0, 0.05) is 6.61 Å². The molecule has 34 nitrogen and oxygen atoms in total. The van der Waals surface area contributed by atoms with Crippen LogP contribution in [0.2, 0.25) is 0 Å². The van der Waals surface area contributed by atoms with Crippen molar-refractivity contribution in [3.8, 4) is 0 Å². The summed E-state index contributed by atoms with van der Waals surface area (Å²) in [5.41, 5.74) is 0. The Hall–Kier alpha value is -7.02. The molecule has 9 saturated heterocycles. The van der Waals surface area contributed by atoms with Crippen molar-refractivity contribution in [3.63, 3.8) is 0 Å². The van der Waals surface area contributed by atoms with Gasteiger partial charge in [0.1, 0.15) is 0 Å². The van der Waals surface area contributed by atoms with E-state index in [2.05, 4.69) is 12.7 Å². The summed E-state index contributed by atoms with van der Waals surface area (Å²) in [7, 11) is 0. The molecule has 34 heteroatoms. The van der Waals surface area contributed by atoms with Crippen molar-refractivity contribution < 1.29 is 162 Å². The number of allylic oxidation sites excluding steroid dienone is 1. The van der Waals surface area contributed by atoms with Crippen molar-refractivity contribution in [2.45, 2.75) is 468 Å². The van der Waals surface area contributed by atoms with Crippen LogP contribution in [0.1, 0.15) is 358 Å². The highest BCUT2D eigenvalue weighted by Gasteiger charge is 2.55. The van der Waals surface area contributed by atoms with Crippen LogP contribution in [0.3, 0.4) is 0 Å². The van der Waals surface area contributed by atoms with Crippen LogP contribution in [-0.4, -0.2) is 272 Å². The Morgan fingerprint density at radius 3 is 0.629 bits per heavy atom. The molecule has 0 aromatic carbocycles. The van der Waals surface area contributed by atoms with E-state index in [1.807, 2.05) is 0 Å². The largest absolute Gasteiger partial charge is 0.463 e. The maximum atomic E-state index is 13.8. The van der Waals surface area contributed by atoms with E-state index in [0.717, 1.165) is 134 Å². The maximum absolute atomic E-state index is 13.8. The average molecular weight is 2070 g/mol. The maximum Gasteiger partial charge on any atom is 0.344 e. The summed E-state index contributed by atoms with van der Waals surface area (Å²) >= 11 is 0. The van der Waals surface area contributed by atoms with Gasteiger partial charge in [-0.2, -0.15) is 0 Å². The summed E-state index contributed by atoms with van der Waals surface area (Å²) < 4.78 is 112. The van der Waals surface area contributed by atoms with Crippen molar-refractivity contribution in [3.05, 3.63) is 12.7 Å². The summed E-state index contributed by atoms with van der Waals surface area (Å²) in [6.07, 6.45) is 28.4. The quantitative estimate of drug-likeness (QED) is 0.0266. The number of hydrogen-bond acceptors (Lipinski definition) is 34. The van der Waals surface area contributed by atoms with E-state index in [0.29, 0.717) is 74.2 Å². The van der Waals surface area contributed by atoms with Crippen LogP contribution < -0.4 is 0 Å². The number of hydrogen-bond donors (Lipinski definition) is 1. The van der Waals surface area contributed by atoms with Gasteiger partial charge in [-0.3, -0.25) is 28.8 Å². The molecule has 30 unspecified atom stereocenters. The molecule has 0 radical (unpaired) electrons. The fourth-order valence-corrected chi connectivity index (χ4v) is 19.1. The Morgan fingerprint density at radius 1 is 0.224 bits per heavy atom. The van der Waals surface area contributed by atoms with E-state index in [9.17, 15) is 57.5 Å². The Morgan fingerprint density at radius 2 is 0.413 bits per heavy atom. The SMILES string of the molecule is C.C.C.C.C.C.C.C.C.C.C.C.C.C.C.C.C.C.C.C.C.C.C.C.C=CC1CCC2OC2C1.O=C(COC(=O)C1CC2OC2CC1C(=O)OCC(=O)OCC1CCC2OC2C1)OCC1CCC2OC2C1.O=C(COC(=O)CC(C(=O)OCC(=O)OCC1CCC2OC2C1)C(CC(=O)OCC(=O)OCC1CCC2OC2C1)C(=O)OCC(=O)OCC1CCC2OC2C1)OCC1CCC2OC2C1.OCC1CCC2OC2C1. The molecular formula is C109H212O34. The van der Waals surface area contributed by atoms with Crippen LogP contribution in [-0.2, 0) is 157 Å². The zero-order chi connectivity index (χ0) is 82.8. The van der Waals surface area contributed by atoms with Crippen molar-refractivity contribution in [2.75, 3.05) is 85.9 Å². The first-order valence-electron chi connectivity index (χ1n) is 43.7. The third-order valence-electron chi connectivity index (χ3n) is 27.0. The summed E-state index contributed by atoms with van der Waals surface area (Å²) in [6.45, 7) is 0.526. The van der Waals surface area contributed by atoms with E-state index in [-0.39, 0.29) is 314 Å². The minimum absolute atomic E-state index is 0. The highest BCUT2D eigenvalue weighted by molar-refractivity contribution is 5.91. The highest BCUT2D eigenvalue weighted by atomic mass is 16.7.